The highest BCUT2D eigenvalue weighted by Crippen LogP contribution is 2.27. The molecule has 2 aromatic carbocycles. The van der Waals surface area contributed by atoms with Crippen LogP contribution in [-0.4, -0.2) is 31.2 Å². The average Bonchev–Trinajstić information content (AvgIpc) is 2.60. The molecule has 0 spiro atoms. The third-order valence-corrected chi connectivity index (χ3v) is 3.28. The van der Waals surface area contributed by atoms with E-state index in [0.717, 1.165) is 18.2 Å². The lowest BCUT2D eigenvalue weighted by Gasteiger charge is -2.14. The molecule has 2 rings (SSSR count). The minimum atomic E-state index is -4.61. The SMILES string of the molecule is NC(=O)Cc1ccc(OCC(=O)Nc2ccc(F)cc2OCC(F)(F)F)cc1. The zero-order valence-corrected chi connectivity index (χ0v) is 14.4. The highest BCUT2D eigenvalue weighted by atomic mass is 19.4. The molecule has 2 amide bonds. The second kappa shape index (κ2) is 9.07. The van der Waals surface area contributed by atoms with E-state index in [2.05, 4.69) is 10.1 Å². The summed E-state index contributed by atoms with van der Waals surface area (Å²) in [5, 5.41) is 2.30. The molecule has 0 fully saturated rings. The fourth-order valence-corrected chi connectivity index (χ4v) is 2.12. The number of halogens is 4. The van der Waals surface area contributed by atoms with Gasteiger partial charge in [0.1, 0.15) is 17.3 Å². The van der Waals surface area contributed by atoms with Gasteiger partial charge in [-0.3, -0.25) is 9.59 Å². The van der Waals surface area contributed by atoms with E-state index in [9.17, 15) is 27.2 Å². The van der Waals surface area contributed by atoms with Crippen LogP contribution in [0.5, 0.6) is 11.5 Å². The summed E-state index contributed by atoms with van der Waals surface area (Å²) < 4.78 is 59.9. The Hall–Kier alpha value is -3.30. The number of primary amides is 1. The number of nitrogens with two attached hydrogens (primary N) is 1. The standard InChI is InChI=1S/C18H16F4N2O4/c19-12-3-6-14(15(8-12)28-10-18(20,21)22)24-17(26)9-27-13-4-1-11(2-5-13)7-16(23)25/h1-6,8H,7,9-10H2,(H2,23,25)(H,24,26). The van der Waals surface area contributed by atoms with Gasteiger partial charge in [0, 0.05) is 6.07 Å². The lowest BCUT2D eigenvalue weighted by molar-refractivity contribution is -0.153. The summed E-state index contributed by atoms with van der Waals surface area (Å²) in [5.74, 6) is -2.12. The van der Waals surface area contributed by atoms with E-state index in [-0.39, 0.29) is 12.1 Å². The van der Waals surface area contributed by atoms with Crippen molar-refractivity contribution in [1.29, 1.82) is 0 Å². The molecule has 0 aromatic heterocycles. The molecule has 10 heteroatoms. The molecule has 0 unspecified atom stereocenters. The zero-order valence-electron chi connectivity index (χ0n) is 14.4. The van der Waals surface area contributed by atoms with Crippen molar-refractivity contribution in [3.63, 3.8) is 0 Å². The van der Waals surface area contributed by atoms with E-state index in [1.807, 2.05) is 0 Å². The number of hydrogen-bond acceptors (Lipinski definition) is 4. The molecule has 28 heavy (non-hydrogen) atoms. The summed E-state index contributed by atoms with van der Waals surface area (Å²) in [6.45, 7) is -2.08. The first-order chi connectivity index (χ1) is 13.1. The number of anilines is 1. The van der Waals surface area contributed by atoms with Gasteiger partial charge in [-0.25, -0.2) is 4.39 Å². The van der Waals surface area contributed by atoms with Crippen molar-refractivity contribution >= 4 is 17.5 Å². The Labute approximate surface area is 157 Å². The number of carbonyl (C=O) groups excluding carboxylic acids is 2. The molecule has 0 aliphatic rings. The van der Waals surface area contributed by atoms with Gasteiger partial charge >= 0.3 is 6.18 Å². The Kier molecular flexibility index (Phi) is 6.80. The summed E-state index contributed by atoms with van der Waals surface area (Å²) in [5.41, 5.74) is 5.62. The molecule has 0 bridgehead atoms. The van der Waals surface area contributed by atoms with Crippen LogP contribution in [0.2, 0.25) is 0 Å². The molecule has 0 radical (unpaired) electrons. The highest BCUT2D eigenvalue weighted by Gasteiger charge is 2.29. The second-order valence-corrected chi connectivity index (χ2v) is 5.67. The topological polar surface area (TPSA) is 90.7 Å². The summed E-state index contributed by atoms with van der Waals surface area (Å²) in [6, 6.07) is 9.04. The maximum absolute atomic E-state index is 13.3. The van der Waals surface area contributed by atoms with Crippen LogP contribution in [0.1, 0.15) is 5.56 Å². The Morgan fingerprint density at radius 1 is 1.04 bits per heavy atom. The predicted octanol–water partition coefficient (Wildman–Crippen LogP) is 2.81. The third-order valence-electron chi connectivity index (χ3n) is 3.28. The molecule has 0 heterocycles. The minimum Gasteiger partial charge on any atom is -0.484 e. The van der Waals surface area contributed by atoms with Gasteiger partial charge in [0.2, 0.25) is 5.91 Å². The summed E-state index contributed by atoms with van der Waals surface area (Å²) in [6.07, 6.45) is -4.55. The van der Waals surface area contributed by atoms with Crippen LogP contribution in [0.3, 0.4) is 0 Å². The zero-order chi connectivity index (χ0) is 20.7. The Morgan fingerprint density at radius 2 is 1.71 bits per heavy atom. The molecule has 0 aliphatic carbocycles. The average molecular weight is 400 g/mol. The largest absolute Gasteiger partial charge is 0.484 e. The first-order valence-electron chi connectivity index (χ1n) is 7.91. The minimum absolute atomic E-state index is 0.0615. The smallest absolute Gasteiger partial charge is 0.422 e. The Bertz CT molecular complexity index is 838. The number of carbonyl (C=O) groups is 2. The van der Waals surface area contributed by atoms with Gasteiger partial charge in [-0.1, -0.05) is 12.1 Å². The van der Waals surface area contributed by atoms with Crippen LogP contribution in [0.25, 0.3) is 0 Å². The van der Waals surface area contributed by atoms with E-state index in [4.69, 9.17) is 10.5 Å². The van der Waals surface area contributed by atoms with Crippen LogP contribution in [-0.2, 0) is 16.0 Å². The van der Waals surface area contributed by atoms with E-state index >= 15 is 0 Å². The number of nitrogens with one attached hydrogen (secondary N) is 1. The predicted molar refractivity (Wildman–Crippen MR) is 91.4 cm³/mol. The monoisotopic (exact) mass is 400 g/mol. The molecule has 0 saturated heterocycles. The number of benzene rings is 2. The van der Waals surface area contributed by atoms with Gasteiger partial charge in [-0.2, -0.15) is 13.2 Å². The molecule has 0 aliphatic heterocycles. The molecule has 2 aromatic rings. The van der Waals surface area contributed by atoms with Crippen LogP contribution < -0.4 is 20.5 Å². The van der Waals surface area contributed by atoms with Crippen LogP contribution in [0.4, 0.5) is 23.2 Å². The molecule has 150 valence electrons. The summed E-state index contributed by atoms with van der Waals surface area (Å²) in [4.78, 5) is 22.8. The lowest BCUT2D eigenvalue weighted by Crippen LogP contribution is -2.22. The van der Waals surface area contributed by atoms with Crippen LogP contribution in [0, 0.1) is 5.82 Å². The summed E-state index contributed by atoms with van der Waals surface area (Å²) in [7, 11) is 0. The fraction of sp³-hybridized carbons (Fsp3) is 0.222. The van der Waals surface area contributed by atoms with Gasteiger partial charge in [0.25, 0.3) is 5.91 Å². The Morgan fingerprint density at radius 3 is 2.32 bits per heavy atom. The molecular formula is C18H16F4N2O4. The number of rotatable bonds is 8. The van der Waals surface area contributed by atoms with Gasteiger partial charge < -0.3 is 20.5 Å². The van der Waals surface area contributed by atoms with Crippen LogP contribution >= 0.6 is 0 Å². The fourth-order valence-electron chi connectivity index (χ4n) is 2.12. The maximum atomic E-state index is 13.3. The summed E-state index contributed by atoms with van der Waals surface area (Å²) >= 11 is 0. The van der Waals surface area contributed by atoms with E-state index in [1.165, 1.54) is 12.1 Å². The molecule has 3 N–H and O–H groups in total. The van der Waals surface area contributed by atoms with E-state index in [0.29, 0.717) is 11.3 Å². The van der Waals surface area contributed by atoms with Gasteiger partial charge in [-0.15, -0.1) is 0 Å². The van der Waals surface area contributed by atoms with Gasteiger partial charge in [0.05, 0.1) is 12.1 Å². The first kappa shape index (κ1) is 21.0. The van der Waals surface area contributed by atoms with Crippen molar-refractivity contribution in [3.05, 3.63) is 53.8 Å². The number of alkyl halides is 3. The molecular weight excluding hydrogens is 384 g/mol. The van der Waals surface area contributed by atoms with Gasteiger partial charge in [0.15, 0.2) is 13.2 Å². The highest BCUT2D eigenvalue weighted by molar-refractivity contribution is 5.93. The normalized spacial score (nSPS) is 11.0. The Balaban J connectivity index is 1.94. The number of hydrogen-bond donors (Lipinski definition) is 2. The first-order valence-corrected chi connectivity index (χ1v) is 7.91. The van der Waals surface area contributed by atoms with Crippen molar-refractivity contribution in [2.75, 3.05) is 18.5 Å². The molecule has 6 nitrogen and oxygen atoms in total. The molecule has 0 atom stereocenters. The van der Waals surface area contributed by atoms with Gasteiger partial charge in [-0.05, 0) is 29.8 Å². The van der Waals surface area contributed by atoms with Crippen molar-refractivity contribution in [2.45, 2.75) is 12.6 Å². The van der Waals surface area contributed by atoms with Crippen molar-refractivity contribution in [1.82, 2.24) is 0 Å². The van der Waals surface area contributed by atoms with E-state index < -0.39 is 42.8 Å². The van der Waals surface area contributed by atoms with Crippen molar-refractivity contribution < 1.29 is 36.6 Å². The van der Waals surface area contributed by atoms with Crippen molar-refractivity contribution in [3.8, 4) is 11.5 Å². The lowest BCUT2D eigenvalue weighted by atomic mass is 10.1. The van der Waals surface area contributed by atoms with E-state index in [1.54, 1.807) is 12.1 Å². The molecule has 0 saturated carbocycles. The third kappa shape index (κ3) is 7.14. The maximum Gasteiger partial charge on any atom is 0.422 e. The van der Waals surface area contributed by atoms with Crippen molar-refractivity contribution in [2.24, 2.45) is 5.73 Å². The second-order valence-electron chi connectivity index (χ2n) is 5.67. The number of amides is 2. The quantitative estimate of drug-likeness (QED) is 0.667. The van der Waals surface area contributed by atoms with Crippen LogP contribution in [0.15, 0.2) is 42.5 Å². The number of ether oxygens (including phenoxy) is 2.